The van der Waals surface area contributed by atoms with Crippen LogP contribution in [0.4, 0.5) is 5.95 Å². The van der Waals surface area contributed by atoms with Crippen LogP contribution < -0.4 is 5.32 Å². The second kappa shape index (κ2) is 4.70. The van der Waals surface area contributed by atoms with Gasteiger partial charge < -0.3 is 5.32 Å². The summed E-state index contributed by atoms with van der Waals surface area (Å²) in [6, 6.07) is 6.30. The molecule has 0 bridgehead atoms. The molecule has 0 spiro atoms. The number of rotatable bonds is 3. The first kappa shape index (κ1) is 11.2. The quantitative estimate of drug-likeness (QED) is 0.935. The highest BCUT2D eigenvalue weighted by atomic mass is 79.9. The first-order valence-corrected chi connectivity index (χ1v) is 6.05. The van der Waals surface area contributed by atoms with E-state index in [0.717, 1.165) is 16.8 Å². The summed E-state index contributed by atoms with van der Waals surface area (Å²) in [5.41, 5.74) is 2.47. The first-order valence-electron chi connectivity index (χ1n) is 5.26. The van der Waals surface area contributed by atoms with Crippen molar-refractivity contribution in [3.05, 3.63) is 40.6 Å². The van der Waals surface area contributed by atoms with Gasteiger partial charge in [-0.25, -0.2) is 4.98 Å². The molecule has 0 aliphatic heterocycles. The Morgan fingerprint density at radius 1 is 1.44 bits per heavy atom. The maximum absolute atomic E-state index is 4.25. The topological polar surface area (TPSA) is 29.9 Å². The Balaban J connectivity index is 2.55. The monoisotopic (exact) mass is 279 g/mol. The zero-order chi connectivity index (χ0) is 11.5. The van der Waals surface area contributed by atoms with Crippen molar-refractivity contribution >= 4 is 21.9 Å². The molecule has 0 radical (unpaired) electrons. The van der Waals surface area contributed by atoms with E-state index in [1.165, 1.54) is 11.3 Å². The van der Waals surface area contributed by atoms with E-state index in [0.29, 0.717) is 0 Å². The molecule has 0 fully saturated rings. The van der Waals surface area contributed by atoms with Gasteiger partial charge in [0.25, 0.3) is 0 Å². The smallest absolute Gasteiger partial charge is 0.207 e. The van der Waals surface area contributed by atoms with Gasteiger partial charge in [0.2, 0.25) is 5.95 Å². The molecule has 3 nitrogen and oxygen atoms in total. The van der Waals surface area contributed by atoms with E-state index in [-0.39, 0.29) is 0 Å². The molecular formula is C12H14BrN3. The number of aromatic nitrogens is 2. The summed E-state index contributed by atoms with van der Waals surface area (Å²) in [5, 5.41) is 3.08. The molecule has 0 saturated heterocycles. The molecule has 0 aliphatic carbocycles. The summed E-state index contributed by atoms with van der Waals surface area (Å²) in [4.78, 5) is 4.25. The summed E-state index contributed by atoms with van der Waals surface area (Å²) in [6.07, 6.45) is 4.76. The Kier molecular flexibility index (Phi) is 3.29. The van der Waals surface area contributed by atoms with Gasteiger partial charge in [0, 0.05) is 23.9 Å². The maximum atomic E-state index is 4.25. The Hall–Kier alpha value is -1.29. The minimum Gasteiger partial charge on any atom is -0.358 e. The molecule has 1 heterocycles. The van der Waals surface area contributed by atoms with E-state index >= 15 is 0 Å². The number of hydrogen-bond acceptors (Lipinski definition) is 2. The molecular weight excluding hydrogens is 266 g/mol. The lowest BCUT2D eigenvalue weighted by molar-refractivity contribution is 1.00. The molecule has 1 aromatic heterocycles. The van der Waals surface area contributed by atoms with Crippen LogP contribution in [0.5, 0.6) is 0 Å². The predicted octanol–water partition coefficient (Wildman–Crippen LogP) is 3.24. The molecule has 0 unspecified atom stereocenters. The van der Waals surface area contributed by atoms with Crippen molar-refractivity contribution < 1.29 is 0 Å². The van der Waals surface area contributed by atoms with E-state index in [4.69, 9.17) is 0 Å². The maximum Gasteiger partial charge on any atom is 0.207 e. The highest BCUT2D eigenvalue weighted by Gasteiger charge is 2.07. The van der Waals surface area contributed by atoms with Crippen molar-refractivity contribution in [3.63, 3.8) is 0 Å². The zero-order valence-corrected chi connectivity index (χ0v) is 11.0. The van der Waals surface area contributed by atoms with E-state index in [1.807, 2.05) is 19.3 Å². The SMILES string of the molecule is CCc1cc(Br)ccc1-n1ccnc1NC. The number of nitrogens with zero attached hydrogens (tertiary/aromatic N) is 2. The van der Waals surface area contributed by atoms with Crippen LogP contribution in [0.3, 0.4) is 0 Å². The summed E-state index contributed by atoms with van der Waals surface area (Å²) >= 11 is 3.50. The van der Waals surface area contributed by atoms with Crippen molar-refractivity contribution in [2.75, 3.05) is 12.4 Å². The standard InChI is InChI=1S/C12H14BrN3/c1-3-9-8-10(13)4-5-11(9)16-7-6-15-12(16)14-2/h4-8H,3H2,1-2H3,(H,14,15). The van der Waals surface area contributed by atoms with Crippen LogP contribution in [0.25, 0.3) is 5.69 Å². The van der Waals surface area contributed by atoms with Gasteiger partial charge in [-0.2, -0.15) is 0 Å². The number of halogens is 1. The lowest BCUT2D eigenvalue weighted by atomic mass is 10.1. The van der Waals surface area contributed by atoms with Gasteiger partial charge in [0.1, 0.15) is 0 Å². The molecule has 2 aromatic rings. The van der Waals surface area contributed by atoms with Gasteiger partial charge in [0.15, 0.2) is 0 Å². The highest BCUT2D eigenvalue weighted by molar-refractivity contribution is 9.10. The van der Waals surface area contributed by atoms with Crippen LogP contribution in [-0.4, -0.2) is 16.6 Å². The zero-order valence-electron chi connectivity index (χ0n) is 9.37. The molecule has 1 aromatic carbocycles. The predicted molar refractivity (Wildman–Crippen MR) is 70.2 cm³/mol. The van der Waals surface area contributed by atoms with Crippen LogP contribution in [0.15, 0.2) is 35.1 Å². The van der Waals surface area contributed by atoms with E-state index in [1.54, 1.807) is 6.20 Å². The third-order valence-electron chi connectivity index (χ3n) is 2.55. The normalized spacial score (nSPS) is 10.4. The van der Waals surface area contributed by atoms with Gasteiger partial charge >= 0.3 is 0 Å². The molecule has 84 valence electrons. The van der Waals surface area contributed by atoms with Crippen LogP contribution in [0, 0.1) is 0 Å². The van der Waals surface area contributed by atoms with Gasteiger partial charge in [0.05, 0.1) is 5.69 Å². The van der Waals surface area contributed by atoms with Crippen molar-refractivity contribution in [1.29, 1.82) is 0 Å². The molecule has 16 heavy (non-hydrogen) atoms. The fourth-order valence-electron chi connectivity index (χ4n) is 1.76. The summed E-state index contributed by atoms with van der Waals surface area (Å²) in [5.74, 6) is 0.858. The number of hydrogen-bond donors (Lipinski definition) is 1. The molecule has 0 atom stereocenters. The number of benzene rings is 1. The minimum absolute atomic E-state index is 0.858. The number of nitrogens with one attached hydrogen (secondary N) is 1. The number of anilines is 1. The molecule has 0 amide bonds. The number of imidazole rings is 1. The van der Waals surface area contributed by atoms with Gasteiger partial charge in [-0.05, 0) is 30.2 Å². The van der Waals surface area contributed by atoms with E-state index in [9.17, 15) is 0 Å². The second-order valence-electron chi connectivity index (χ2n) is 3.50. The van der Waals surface area contributed by atoms with Crippen molar-refractivity contribution in [3.8, 4) is 5.69 Å². The van der Waals surface area contributed by atoms with Crippen molar-refractivity contribution in [2.45, 2.75) is 13.3 Å². The van der Waals surface area contributed by atoms with Crippen molar-refractivity contribution in [1.82, 2.24) is 9.55 Å². The molecule has 1 N–H and O–H groups in total. The highest BCUT2D eigenvalue weighted by Crippen LogP contribution is 2.23. The third kappa shape index (κ3) is 1.97. The summed E-state index contributed by atoms with van der Waals surface area (Å²) in [6.45, 7) is 2.15. The second-order valence-corrected chi connectivity index (χ2v) is 4.41. The lowest BCUT2D eigenvalue weighted by Gasteiger charge is -2.12. The third-order valence-corrected chi connectivity index (χ3v) is 3.04. The average molecular weight is 280 g/mol. The molecule has 2 rings (SSSR count). The lowest BCUT2D eigenvalue weighted by Crippen LogP contribution is -2.03. The fourth-order valence-corrected chi connectivity index (χ4v) is 2.16. The van der Waals surface area contributed by atoms with Crippen LogP contribution in [0.2, 0.25) is 0 Å². The van der Waals surface area contributed by atoms with E-state index < -0.39 is 0 Å². The van der Waals surface area contributed by atoms with Crippen LogP contribution >= 0.6 is 15.9 Å². The molecule has 0 aliphatic rings. The fraction of sp³-hybridized carbons (Fsp3) is 0.250. The Morgan fingerprint density at radius 2 is 2.25 bits per heavy atom. The summed E-state index contributed by atoms with van der Waals surface area (Å²) < 4.78 is 3.17. The van der Waals surface area contributed by atoms with E-state index in [2.05, 4.69) is 49.9 Å². The Labute approximate surface area is 104 Å². The Bertz CT molecular complexity index is 491. The number of aryl methyl sites for hydroxylation is 1. The average Bonchev–Trinajstić information content (AvgIpc) is 2.76. The Morgan fingerprint density at radius 3 is 2.94 bits per heavy atom. The molecule has 4 heteroatoms. The largest absolute Gasteiger partial charge is 0.358 e. The summed E-state index contributed by atoms with van der Waals surface area (Å²) in [7, 11) is 1.88. The molecule has 0 saturated carbocycles. The first-order chi connectivity index (χ1) is 7.76. The van der Waals surface area contributed by atoms with Gasteiger partial charge in [-0.15, -0.1) is 0 Å². The van der Waals surface area contributed by atoms with Gasteiger partial charge in [-0.3, -0.25) is 4.57 Å². The van der Waals surface area contributed by atoms with Crippen LogP contribution in [0.1, 0.15) is 12.5 Å². The van der Waals surface area contributed by atoms with Gasteiger partial charge in [-0.1, -0.05) is 22.9 Å². The van der Waals surface area contributed by atoms with Crippen molar-refractivity contribution in [2.24, 2.45) is 0 Å². The van der Waals surface area contributed by atoms with Crippen LogP contribution in [-0.2, 0) is 6.42 Å². The minimum atomic E-state index is 0.858.